The normalized spacial score (nSPS) is 12.5. The van der Waals surface area contributed by atoms with Crippen LogP contribution in [-0.2, 0) is 23.1 Å². The standard InChI is InChI=1S/C13H19F2N5O2S/c1-5-19-9(2)11(6-16-19)8-18(4)23(21,22)12-7-17-20(10(12)3)13(14)15/h6-7,13H,5,8H2,1-4H3. The van der Waals surface area contributed by atoms with Crippen molar-refractivity contribution in [1.82, 2.24) is 23.9 Å². The zero-order valence-electron chi connectivity index (χ0n) is 13.4. The van der Waals surface area contributed by atoms with Crippen LogP contribution in [0, 0.1) is 13.8 Å². The molecule has 0 unspecified atom stereocenters. The van der Waals surface area contributed by atoms with Crippen LogP contribution >= 0.6 is 0 Å². The molecular weight excluding hydrogens is 328 g/mol. The second kappa shape index (κ2) is 6.36. The highest BCUT2D eigenvalue weighted by Gasteiger charge is 2.28. The van der Waals surface area contributed by atoms with Crippen LogP contribution in [0.3, 0.4) is 0 Å². The van der Waals surface area contributed by atoms with Crippen LogP contribution in [0.25, 0.3) is 0 Å². The molecule has 10 heteroatoms. The van der Waals surface area contributed by atoms with E-state index >= 15 is 0 Å². The van der Waals surface area contributed by atoms with Crippen LogP contribution in [0.15, 0.2) is 17.3 Å². The molecule has 0 aliphatic heterocycles. The van der Waals surface area contributed by atoms with Gasteiger partial charge in [0.25, 0.3) is 0 Å². The molecule has 2 aromatic heterocycles. The Morgan fingerprint density at radius 3 is 2.35 bits per heavy atom. The maximum atomic E-state index is 12.8. The molecule has 2 heterocycles. The van der Waals surface area contributed by atoms with Gasteiger partial charge in [0.1, 0.15) is 4.90 Å². The van der Waals surface area contributed by atoms with Gasteiger partial charge in [0.15, 0.2) is 0 Å². The number of aryl methyl sites for hydroxylation is 1. The highest BCUT2D eigenvalue weighted by molar-refractivity contribution is 7.89. The molecule has 0 spiro atoms. The third kappa shape index (κ3) is 3.13. The smallest absolute Gasteiger partial charge is 0.270 e. The quantitative estimate of drug-likeness (QED) is 0.800. The summed E-state index contributed by atoms with van der Waals surface area (Å²) in [7, 11) is -2.52. The van der Waals surface area contributed by atoms with E-state index in [0.29, 0.717) is 11.2 Å². The van der Waals surface area contributed by atoms with Crippen molar-refractivity contribution in [3.05, 3.63) is 29.3 Å². The van der Waals surface area contributed by atoms with Crippen molar-refractivity contribution in [2.75, 3.05) is 7.05 Å². The molecule has 2 rings (SSSR count). The number of alkyl halides is 2. The Morgan fingerprint density at radius 2 is 1.87 bits per heavy atom. The van der Waals surface area contributed by atoms with Gasteiger partial charge in [-0.2, -0.15) is 23.3 Å². The zero-order valence-corrected chi connectivity index (χ0v) is 14.2. The number of aromatic nitrogens is 4. The Hall–Kier alpha value is -1.81. The predicted octanol–water partition coefficient (Wildman–Crippen LogP) is 1.93. The third-order valence-electron chi connectivity index (χ3n) is 3.77. The highest BCUT2D eigenvalue weighted by atomic mass is 32.2. The fraction of sp³-hybridized carbons (Fsp3) is 0.538. The average molecular weight is 347 g/mol. The summed E-state index contributed by atoms with van der Waals surface area (Å²) >= 11 is 0. The van der Waals surface area contributed by atoms with E-state index in [1.165, 1.54) is 14.0 Å². The van der Waals surface area contributed by atoms with Crippen molar-refractivity contribution in [3.8, 4) is 0 Å². The van der Waals surface area contributed by atoms with E-state index in [4.69, 9.17) is 0 Å². The molecule has 2 aromatic rings. The molecular formula is C13H19F2N5O2S. The minimum Gasteiger partial charge on any atom is -0.270 e. The summed E-state index contributed by atoms with van der Waals surface area (Å²) in [4.78, 5) is -0.221. The zero-order chi connectivity index (χ0) is 17.4. The monoisotopic (exact) mass is 347 g/mol. The van der Waals surface area contributed by atoms with E-state index < -0.39 is 16.6 Å². The summed E-state index contributed by atoms with van der Waals surface area (Å²) in [6.07, 6.45) is 2.57. The maximum absolute atomic E-state index is 12.8. The molecule has 0 saturated heterocycles. The minimum atomic E-state index is -3.92. The van der Waals surface area contributed by atoms with E-state index in [9.17, 15) is 17.2 Å². The molecule has 0 aromatic carbocycles. The number of halogens is 2. The lowest BCUT2D eigenvalue weighted by Gasteiger charge is -2.17. The Labute approximate surface area is 133 Å². The van der Waals surface area contributed by atoms with Crippen LogP contribution in [-0.4, -0.2) is 39.3 Å². The first kappa shape index (κ1) is 17.5. The summed E-state index contributed by atoms with van der Waals surface area (Å²) in [6.45, 7) is 3.00. The van der Waals surface area contributed by atoms with Gasteiger partial charge in [0, 0.05) is 31.4 Å². The van der Waals surface area contributed by atoms with Crippen molar-refractivity contribution in [3.63, 3.8) is 0 Å². The fourth-order valence-corrected chi connectivity index (χ4v) is 3.60. The maximum Gasteiger partial charge on any atom is 0.333 e. The van der Waals surface area contributed by atoms with Gasteiger partial charge < -0.3 is 0 Å². The van der Waals surface area contributed by atoms with Gasteiger partial charge >= 0.3 is 6.55 Å². The van der Waals surface area contributed by atoms with Crippen molar-refractivity contribution in [2.24, 2.45) is 0 Å². The summed E-state index contributed by atoms with van der Waals surface area (Å²) < 4.78 is 53.9. The lowest BCUT2D eigenvalue weighted by atomic mass is 10.2. The van der Waals surface area contributed by atoms with Gasteiger partial charge in [0.2, 0.25) is 10.0 Å². The fourth-order valence-electron chi connectivity index (χ4n) is 2.31. The van der Waals surface area contributed by atoms with Gasteiger partial charge in [-0.05, 0) is 20.8 Å². The summed E-state index contributed by atoms with van der Waals surface area (Å²) in [5.74, 6) is 0. The van der Waals surface area contributed by atoms with E-state index in [1.54, 1.807) is 10.9 Å². The Morgan fingerprint density at radius 1 is 1.22 bits per heavy atom. The van der Waals surface area contributed by atoms with Gasteiger partial charge in [-0.25, -0.2) is 13.1 Å². The third-order valence-corrected chi connectivity index (χ3v) is 5.68. The number of sulfonamides is 1. The van der Waals surface area contributed by atoms with E-state index in [1.807, 2.05) is 13.8 Å². The molecule has 0 aliphatic carbocycles. The Kier molecular flexibility index (Phi) is 4.85. The molecule has 0 aliphatic rings. The van der Waals surface area contributed by atoms with Crippen molar-refractivity contribution >= 4 is 10.0 Å². The molecule has 0 radical (unpaired) electrons. The van der Waals surface area contributed by atoms with Crippen molar-refractivity contribution in [1.29, 1.82) is 0 Å². The molecule has 0 bridgehead atoms. The molecule has 128 valence electrons. The van der Waals surface area contributed by atoms with Crippen molar-refractivity contribution in [2.45, 2.75) is 45.3 Å². The number of rotatable bonds is 6. The molecule has 23 heavy (non-hydrogen) atoms. The number of hydrogen-bond acceptors (Lipinski definition) is 4. The Balaban J connectivity index is 2.30. The van der Waals surface area contributed by atoms with E-state index in [2.05, 4.69) is 10.2 Å². The lowest BCUT2D eigenvalue weighted by molar-refractivity contribution is 0.0541. The molecule has 7 nitrogen and oxygen atoms in total. The van der Waals surface area contributed by atoms with Gasteiger partial charge in [-0.3, -0.25) is 4.68 Å². The SMILES string of the molecule is CCn1ncc(CN(C)S(=O)(=O)c2cnn(C(F)F)c2C)c1C. The van der Waals surface area contributed by atoms with Gasteiger partial charge in [-0.1, -0.05) is 0 Å². The predicted molar refractivity (Wildman–Crippen MR) is 79.5 cm³/mol. The second-order valence-electron chi connectivity index (χ2n) is 5.15. The van der Waals surface area contributed by atoms with Crippen LogP contribution in [0.4, 0.5) is 8.78 Å². The van der Waals surface area contributed by atoms with Crippen molar-refractivity contribution < 1.29 is 17.2 Å². The second-order valence-corrected chi connectivity index (χ2v) is 7.16. The topological polar surface area (TPSA) is 73.0 Å². The molecule has 0 amide bonds. The van der Waals surface area contributed by atoms with E-state index in [0.717, 1.165) is 21.8 Å². The first-order valence-electron chi connectivity index (χ1n) is 7.00. The lowest BCUT2D eigenvalue weighted by Crippen LogP contribution is -2.27. The van der Waals surface area contributed by atoms with E-state index in [-0.39, 0.29) is 17.1 Å². The van der Waals surface area contributed by atoms with Gasteiger partial charge in [-0.15, -0.1) is 0 Å². The molecule has 0 N–H and O–H groups in total. The van der Waals surface area contributed by atoms with Crippen LogP contribution in [0.5, 0.6) is 0 Å². The minimum absolute atomic E-state index is 0.0900. The van der Waals surface area contributed by atoms with Gasteiger partial charge in [0.05, 0.1) is 18.1 Å². The largest absolute Gasteiger partial charge is 0.333 e. The Bertz CT molecular complexity index is 797. The summed E-state index contributed by atoms with van der Waals surface area (Å²) in [5, 5.41) is 7.62. The summed E-state index contributed by atoms with van der Waals surface area (Å²) in [5.41, 5.74) is 1.54. The van der Waals surface area contributed by atoms with Crippen LogP contribution < -0.4 is 0 Å². The average Bonchev–Trinajstić information content (AvgIpc) is 3.03. The first-order valence-corrected chi connectivity index (χ1v) is 8.44. The first-order chi connectivity index (χ1) is 10.7. The number of nitrogens with zero attached hydrogens (tertiary/aromatic N) is 5. The molecule has 0 saturated carbocycles. The highest BCUT2D eigenvalue weighted by Crippen LogP contribution is 2.23. The number of hydrogen-bond donors (Lipinski definition) is 0. The molecule has 0 fully saturated rings. The molecule has 0 atom stereocenters. The summed E-state index contributed by atoms with van der Waals surface area (Å²) in [6, 6.07) is 0. The van der Waals surface area contributed by atoms with Crippen LogP contribution in [0.2, 0.25) is 0 Å². The van der Waals surface area contributed by atoms with Crippen LogP contribution in [0.1, 0.15) is 30.4 Å².